The normalized spacial score (nSPS) is 19.5. The van der Waals surface area contributed by atoms with Gasteiger partial charge in [-0.3, -0.25) is 0 Å². The molecule has 1 aliphatic heterocycles. The van der Waals surface area contributed by atoms with Crippen LogP contribution in [-0.4, -0.2) is 32.9 Å². The third kappa shape index (κ3) is 2.47. The number of hydrogen-bond acceptors (Lipinski definition) is 5. The number of anilines is 1. The van der Waals surface area contributed by atoms with Crippen molar-refractivity contribution in [2.45, 2.75) is 26.2 Å². The van der Waals surface area contributed by atoms with E-state index in [4.69, 9.17) is 5.10 Å². The van der Waals surface area contributed by atoms with Gasteiger partial charge in [0.2, 0.25) is 0 Å². The standard InChI is InChI=1S/C16H19N5S/c1-12-3-2-8-20(9-6-12)15-5-4-14-17-18-16(21(14)19-15)13-7-10-22-11-13/h4-5,7,10-12H,2-3,6,8-9H2,1H3. The van der Waals surface area contributed by atoms with Gasteiger partial charge in [0, 0.05) is 24.0 Å². The summed E-state index contributed by atoms with van der Waals surface area (Å²) >= 11 is 1.66. The molecule has 0 saturated carbocycles. The summed E-state index contributed by atoms with van der Waals surface area (Å²) in [6, 6.07) is 6.14. The summed E-state index contributed by atoms with van der Waals surface area (Å²) in [6.07, 6.45) is 3.78. The van der Waals surface area contributed by atoms with Crippen LogP contribution in [0, 0.1) is 5.92 Å². The van der Waals surface area contributed by atoms with Crippen molar-refractivity contribution >= 4 is 22.8 Å². The first-order valence-corrected chi connectivity index (χ1v) is 8.75. The lowest BCUT2D eigenvalue weighted by atomic mass is 10.0. The van der Waals surface area contributed by atoms with Gasteiger partial charge in [0.25, 0.3) is 0 Å². The number of aromatic nitrogens is 4. The van der Waals surface area contributed by atoms with E-state index < -0.39 is 0 Å². The summed E-state index contributed by atoms with van der Waals surface area (Å²) in [5.74, 6) is 2.66. The Morgan fingerprint density at radius 1 is 1.14 bits per heavy atom. The van der Waals surface area contributed by atoms with Gasteiger partial charge in [-0.1, -0.05) is 6.92 Å². The third-order valence-electron chi connectivity index (χ3n) is 4.37. The summed E-state index contributed by atoms with van der Waals surface area (Å²) in [5, 5.41) is 17.5. The van der Waals surface area contributed by atoms with Gasteiger partial charge in [-0.15, -0.1) is 15.3 Å². The van der Waals surface area contributed by atoms with Crippen LogP contribution in [0.4, 0.5) is 5.82 Å². The molecular formula is C16H19N5S. The zero-order chi connectivity index (χ0) is 14.9. The summed E-state index contributed by atoms with van der Waals surface area (Å²) in [5.41, 5.74) is 1.87. The van der Waals surface area contributed by atoms with E-state index in [9.17, 15) is 0 Å². The van der Waals surface area contributed by atoms with Crippen molar-refractivity contribution in [2.24, 2.45) is 5.92 Å². The molecule has 22 heavy (non-hydrogen) atoms. The summed E-state index contributed by atoms with van der Waals surface area (Å²) < 4.78 is 1.87. The Kier molecular flexibility index (Phi) is 3.54. The van der Waals surface area contributed by atoms with Gasteiger partial charge in [-0.05, 0) is 48.8 Å². The number of thiophene rings is 1. The number of rotatable bonds is 2. The molecule has 4 heterocycles. The lowest BCUT2D eigenvalue weighted by molar-refractivity contribution is 0.521. The van der Waals surface area contributed by atoms with E-state index in [0.29, 0.717) is 0 Å². The van der Waals surface area contributed by atoms with E-state index in [1.807, 2.05) is 10.6 Å². The molecule has 0 bridgehead atoms. The Hall–Kier alpha value is -1.95. The molecule has 3 aromatic rings. The Labute approximate surface area is 133 Å². The lowest BCUT2D eigenvalue weighted by Gasteiger charge is -2.21. The predicted molar refractivity (Wildman–Crippen MR) is 89.3 cm³/mol. The second-order valence-electron chi connectivity index (χ2n) is 6.02. The van der Waals surface area contributed by atoms with Crippen LogP contribution in [0.5, 0.6) is 0 Å². The van der Waals surface area contributed by atoms with Crippen LogP contribution in [0.1, 0.15) is 26.2 Å². The molecule has 5 nitrogen and oxygen atoms in total. The number of fused-ring (bicyclic) bond motifs is 1. The van der Waals surface area contributed by atoms with Crippen LogP contribution in [0.25, 0.3) is 17.0 Å². The van der Waals surface area contributed by atoms with Gasteiger partial charge in [-0.2, -0.15) is 15.9 Å². The van der Waals surface area contributed by atoms with Crippen LogP contribution in [0.3, 0.4) is 0 Å². The molecule has 0 amide bonds. The van der Waals surface area contributed by atoms with Gasteiger partial charge >= 0.3 is 0 Å². The Morgan fingerprint density at radius 3 is 2.95 bits per heavy atom. The van der Waals surface area contributed by atoms with Gasteiger partial charge < -0.3 is 4.90 Å². The van der Waals surface area contributed by atoms with Crippen molar-refractivity contribution in [2.75, 3.05) is 18.0 Å². The van der Waals surface area contributed by atoms with Crippen molar-refractivity contribution in [3.05, 3.63) is 29.0 Å². The highest BCUT2D eigenvalue weighted by molar-refractivity contribution is 7.08. The quantitative estimate of drug-likeness (QED) is 0.726. The molecule has 1 aliphatic rings. The third-order valence-corrected chi connectivity index (χ3v) is 5.05. The van der Waals surface area contributed by atoms with E-state index in [2.05, 4.69) is 44.9 Å². The second-order valence-corrected chi connectivity index (χ2v) is 6.80. The monoisotopic (exact) mass is 313 g/mol. The molecule has 1 fully saturated rings. The molecule has 0 aliphatic carbocycles. The highest BCUT2D eigenvalue weighted by Gasteiger charge is 2.17. The van der Waals surface area contributed by atoms with Crippen molar-refractivity contribution < 1.29 is 0 Å². The molecule has 0 radical (unpaired) electrons. The lowest BCUT2D eigenvalue weighted by Crippen LogP contribution is -2.25. The van der Waals surface area contributed by atoms with Gasteiger partial charge in [0.1, 0.15) is 5.82 Å². The average molecular weight is 313 g/mol. The highest BCUT2D eigenvalue weighted by atomic mass is 32.1. The van der Waals surface area contributed by atoms with Gasteiger partial charge in [0.05, 0.1) is 0 Å². The Balaban J connectivity index is 1.72. The maximum Gasteiger partial charge on any atom is 0.186 e. The van der Waals surface area contributed by atoms with E-state index in [-0.39, 0.29) is 0 Å². The zero-order valence-electron chi connectivity index (χ0n) is 12.6. The Bertz CT molecular complexity index is 764. The molecule has 4 rings (SSSR count). The van der Waals surface area contributed by atoms with Crippen molar-refractivity contribution in [3.63, 3.8) is 0 Å². The number of hydrogen-bond donors (Lipinski definition) is 0. The van der Waals surface area contributed by atoms with Gasteiger partial charge in [-0.25, -0.2) is 0 Å². The van der Waals surface area contributed by atoms with Crippen LogP contribution >= 0.6 is 11.3 Å². The fraction of sp³-hybridized carbons (Fsp3) is 0.438. The SMILES string of the molecule is CC1CCCN(c2ccc3nnc(-c4ccsc4)n3n2)CC1. The fourth-order valence-electron chi connectivity index (χ4n) is 3.01. The molecule has 114 valence electrons. The first-order chi connectivity index (χ1) is 10.8. The smallest absolute Gasteiger partial charge is 0.186 e. The van der Waals surface area contributed by atoms with E-state index in [1.54, 1.807) is 11.3 Å². The van der Waals surface area contributed by atoms with E-state index >= 15 is 0 Å². The van der Waals surface area contributed by atoms with Crippen LogP contribution in [-0.2, 0) is 0 Å². The minimum absolute atomic E-state index is 0.799. The van der Waals surface area contributed by atoms with E-state index in [1.165, 1.54) is 19.3 Å². The minimum atomic E-state index is 0.799. The topological polar surface area (TPSA) is 46.3 Å². The van der Waals surface area contributed by atoms with Crippen molar-refractivity contribution in [1.82, 2.24) is 19.8 Å². The van der Waals surface area contributed by atoms with Crippen LogP contribution < -0.4 is 4.90 Å². The fourth-order valence-corrected chi connectivity index (χ4v) is 3.65. The first-order valence-electron chi connectivity index (χ1n) is 7.81. The summed E-state index contributed by atoms with van der Waals surface area (Å²) in [4.78, 5) is 2.39. The minimum Gasteiger partial charge on any atom is -0.355 e. The second kappa shape index (κ2) is 5.68. The molecule has 0 N–H and O–H groups in total. The van der Waals surface area contributed by atoms with Crippen LogP contribution in [0.2, 0.25) is 0 Å². The predicted octanol–water partition coefficient (Wildman–Crippen LogP) is 3.48. The van der Waals surface area contributed by atoms with Crippen molar-refractivity contribution in [3.8, 4) is 11.4 Å². The number of nitrogens with zero attached hydrogens (tertiary/aromatic N) is 5. The van der Waals surface area contributed by atoms with E-state index in [0.717, 1.165) is 41.9 Å². The molecule has 1 atom stereocenters. The largest absolute Gasteiger partial charge is 0.355 e. The Morgan fingerprint density at radius 2 is 2.09 bits per heavy atom. The van der Waals surface area contributed by atoms with Gasteiger partial charge in [0.15, 0.2) is 11.5 Å². The summed E-state index contributed by atoms with van der Waals surface area (Å²) in [6.45, 7) is 4.50. The maximum absolute atomic E-state index is 4.80. The van der Waals surface area contributed by atoms with Crippen molar-refractivity contribution in [1.29, 1.82) is 0 Å². The summed E-state index contributed by atoms with van der Waals surface area (Å²) in [7, 11) is 0. The zero-order valence-corrected chi connectivity index (χ0v) is 13.5. The first kappa shape index (κ1) is 13.7. The molecule has 0 aromatic carbocycles. The molecule has 1 unspecified atom stereocenters. The molecular weight excluding hydrogens is 294 g/mol. The molecule has 1 saturated heterocycles. The molecule has 0 spiro atoms. The average Bonchev–Trinajstić information content (AvgIpc) is 3.14. The van der Waals surface area contributed by atoms with Crippen LogP contribution in [0.15, 0.2) is 29.0 Å². The maximum atomic E-state index is 4.80. The molecule has 6 heteroatoms. The molecule has 3 aromatic heterocycles. The highest BCUT2D eigenvalue weighted by Crippen LogP contribution is 2.24.